The normalized spacial score (nSPS) is 44.3. The Morgan fingerprint density at radius 3 is 1.44 bits per heavy atom. The van der Waals surface area contributed by atoms with Crippen molar-refractivity contribution in [3.05, 3.63) is 47.6 Å². The summed E-state index contributed by atoms with van der Waals surface area (Å²) in [6, 6.07) is 0. The maximum absolute atomic E-state index is 11.3. The molecule has 0 aromatic rings. The van der Waals surface area contributed by atoms with Gasteiger partial charge in [-0.1, -0.05) is 41.0 Å². The number of aliphatic hydroxyl groups is 15. The molecule has 0 aromatic heterocycles. The first-order valence-corrected chi connectivity index (χ1v) is 25.5. The van der Waals surface area contributed by atoms with Crippen LogP contribution in [0.5, 0.6) is 0 Å². The summed E-state index contributed by atoms with van der Waals surface area (Å²) in [6.45, 7) is 12.4. The van der Waals surface area contributed by atoms with Gasteiger partial charge in [0.25, 0.3) is 0 Å². The van der Waals surface area contributed by atoms with E-state index in [1.807, 2.05) is 32.9 Å². The molecule has 25 nitrogen and oxygen atoms in total. The van der Waals surface area contributed by atoms with Gasteiger partial charge < -0.3 is 124 Å². The third kappa shape index (κ3) is 16.3. The molecule has 5 rings (SSSR count). The summed E-state index contributed by atoms with van der Waals surface area (Å²) in [7, 11) is 0. The van der Waals surface area contributed by atoms with E-state index in [-0.39, 0.29) is 6.61 Å². The molecule has 5 heterocycles. The van der Waals surface area contributed by atoms with Gasteiger partial charge in [-0.2, -0.15) is 0 Å². The Kier molecular flexibility index (Phi) is 24.6. The fourth-order valence-electron chi connectivity index (χ4n) is 9.25. The van der Waals surface area contributed by atoms with Crippen molar-refractivity contribution in [2.75, 3.05) is 26.4 Å². The van der Waals surface area contributed by atoms with Crippen LogP contribution in [0.25, 0.3) is 0 Å². The number of ether oxygens (including phenoxy) is 10. The highest BCUT2D eigenvalue weighted by Crippen LogP contribution is 2.35. The average molecular weight is 1090 g/mol. The predicted octanol–water partition coefficient (Wildman–Crippen LogP) is -3.73. The summed E-state index contributed by atoms with van der Waals surface area (Å²) in [4.78, 5) is 0. The summed E-state index contributed by atoms with van der Waals surface area (Å²) in [5.41, 5.74) is 1.91. The highest BCUT2D eigenvalue weighted by Gasteiger charge is 2.54. The Hall–Kier alpha value is -2.04. The Labute approximate surface area is 436 Å². The van der Waals surface area contributed by atoms with Crippen molar-refractivity contribution < 1.29 is 124 Å². The van der Waals surface area contributed by atoms with E-state index in [1.54, 1.807) is 6.92 Å². The molecular weight excluding hydrogens is 1000 g/mol. The van der Waals surface area contributed by atoms with E-state index in [0.717, 1.165) is 36.0 Å². The quantitative estimate of drug-likeness (QED) is 0.0413. The smallest absolute Gasteiger partial charge is 0.188 e. The van der Waals surface area contributed by atoms with Gasteiger partial charge in [0.2, 0.25) is 0 Å². The highest BCUT2D eigenvalue weighted by atomic mass is 16.8. The average Bonchev–Trinajstić information content (AvgIpc) is 3.38. The summed E-state index contributed by atoms with van der Waals surface area (Å²) >= 11 is 0. The van der Waals surface area contributed by atoms with Crippen molar-refractivity contribution in [1.82, 2.24) is 0 Å². The van der Waals surface area contributed by atoms with Gasteiger partial charge >= 0.3 is 0 Å². The first kappa shape index (κ1) is 63.8. The Balaban J connectivity index is 1.10. The highest BCUT2D eigenvalue weighted by molar-refractivity contribution is 5.08. The molecule has 5 saturated heterocycles. The molecule has 75 heavy (non-hydrogen) atoms. The van der Waals surface area contributed by atoms with E-state index in [4.69, 9.17) is 47.4 Å². The minimum absolute atomic E-state index is 0.0211. The molecule has 0 saturated carbocycles. The van der Waals surface area contributed by atoms with Gasteiger partial charge in [-0.25, -0.2) is 0 Å². The molecule has 434 valence electrons. The lowest BCUT2D eigenvalue weighted by Crippen LogP contribution is -2.65. The maximum atomic E-state index is 11.3. The van der Waals surface area contributed by atoms with Crippen molar-refractivity contribution in [1.29, 1.82) is 0 Å². The summed E-state index contributed by atoms with van der Waals surface area (Å²) in [5, 5.41) is 157. The zero-order chi connectivity index (χ0) is 55.6. The molecule has 15 N–H and O–H groups in total. The molecule has 5 aliphatic rings. The SMILES string of the molecule is C=CC(C)(CCC=C(C)CCC=C(C)CCC=C(C)COC1OC(COC2OC(C)C(O)C(O)C2O)C(OC2OC(C)C(O)C(O)C2O)C(O)C1O)OC1OC(CO)C(O)C(O)C1OC1OC(CO)C(O)C(O)C1O. The molecule has 0 bridgehead atoms. The molecule has 26 atom stereocenters. The van der Waals surface area contributed by atoms with E-state index in [9.17, 15) is 76.6 Å². The molecule has 25 heteroatoms. The third-order valence-electron chi connectivity index (χ3n) is 14.4. The van der Waals surface area contributed by atoms with Crippen LogP contribution in [0.1, 0.15) is 80.1 Å². The summed E-state index contributed by atoms with van der Waals surface area (Å²) in [6.07, 6.45) is -26.5. The number of rotatable bonds is 24. The molecule has 5 fully saturated rings. The van der Waals surface area contributed by atoms with Crippen LogP contribution in [0, 0.1) is 0 Å². The number of aliphatic hydroxyl groups excluding tert-OH is 15. The van der Waals surface area contributed by atoms with Crippen LogP contribution in [0.2, 0.25) is 0 Å². The van der Waals surface area contributed by atoms with E-state index in [0.29, 0.717) is 19.3 Å². The van der Waals surface area contributed by atoms with Crippen molar-refractivity contribution in [3.63, 3.8) is 0 Å². The Morgan fingerprint density at radius 1 is 0.467 bits per heavy atom. The topological polar surface area (TPSA) is 396 Å². The van der Waals surface area contributed by atoms with Gasteiger partial charge in [-0.3, -0.25) is 0 Å². The Morgan fingerprint density at radius 2 is 0.880 bits per heavy atom. The van der Waals surface area contributed by atoms with Gasteiger partial charge in [0, 0.05) is 0 Å². The number of hydrogen-bond donors (Lipinski definition) is 15. The lowest BCUT2D eigenvalue weighted by atomic mass is 9.95. The van der Waals surface area contributed by atoms with Crippen molar-refractivity contribution in [2.24, 2.45) is 0 Å². The largest absolute Gasteiger partial charge is 0.394 e. The second-order valence-electron chi connectivity index (χ2n) is 20.5. The lowest BCUT2D eigenvalue weighted by molar-refractivity contribution is -0.375. The van der Waals surface area contributed by atoms with Crippen LogP contribution >= 0.6 is 0 Å². The van der Waals surface area contributed by atoms with Gasteiger partial charge in [0.15, 0.2) is 31.5 Å². The molecule has 0 aromatic carbocycles. The molecule has 0 radical (unpaired) electrons. The standard InChI is InChI=1S/C50H84O25/c1-8-50(7,75-49-44(37(60)33(56)28(19-52)71-49)74-48-41(64)36(59)32(55)27(18-51)70-48)17-11-16-23(3)13-9-12-22(2)14-10-15-24(4)20-66-46-42(65)38(61)43(73-47-40(63)35(58)31(54)26(6)69-47)29(72-46)21-67-45-39(62)34(57)30(53)25(5)68-45/h8,12,15-16,25-49,51-65H,1,9-11,13-14,17-21H2,2-7H3. The van der Waals surface area contributed by atoms with Crippen LogP contribution in [0.4, 0.5) is 0 Å². The van der Waals surface area contributed by atoms with Crippen molar-refractivity contribution >= 4 is 0 Å². The number of hydrogen-bond acceptors (Lipinski definition) is 25. The fraction of sp³-hybridized carbons (Fsp3) is 0.840. The zero-order valence-corrected chi connectivity index (χ0v) is 43.3. The van der Waals surface area contributed by atoms with Crippen molar-refractivity contribution in [3.8, 4) is 0 Å². The molecule has 0 spiro atoms. The second-order valence-corrected chi connectivity index (χ2v) is 20.5. The summed E-state index contributed by atoms with van der Waals surface area (Å²) < 4.78 is 58.0. The molecule has 0 amide bonds. The van der Waals surface area contributed by atoms with Crippen LogP contribution in [0.3, 0.4) is 0 Å². The van der Waals surface area contributed by atoms with E-state index >= 15 is 0 Å². The minimum atomic E-state index is -1.81. The van der Waals surface area contributed by atoms with Gasteiger partial charge in [-0.05, 0) is 80.1 Å². The van der Waals surface area contributed by atoms with E-state index in [1.165, 1.54) is 19.9 Å². The van der Waals surface area contributed by atoms with Gasteiger partial charge in [0.05, 0.1) is 44.2 Å². The van der Waals surface area contributed by atoms with Gasteiger partial charge in [-0.15, -0.1) is 6.58 Å². The van der Waals surface area contributed by atoms with Crippen molar-refractivity contribution in [2.45, 2.75) is 239 Å². The molecular formula is C50H84O25. The van der Waals surface area contributed by atoms with Crippen LogP contribution in [-0.2, 0) is 47.4 Å². The second kappa shape index (κ2) is 28.9. The first-order valence-electron chi connectivity index (χ1n) is 25.5. The van der Waals surface area contributed by atoms with Crippen LogP contribution < -0.4 is 0 Å². The molecule has 5 aliphatic heterocycles. The third-order valence-corrected chi connectivity index (χ3v) is 14.4. The van der Waals surface area contributed by atoms with E-state index < -0.39 is 179 Å². The Bertz CT molecular complexity index is 1840. The minimum Gasteiger partial charge on any atom is -0.394 e. The van der Waals surface area contributed by atoms with E-state index in [2.05, 4.69) is 12.7 Å². The first-order chi connectivity index (χ1) is 35.4. The summed E-state index contributed by atoms with van der Waals surface area (Å²) in [5.74, 6) is 0. The monoisotopic (exact) mass is 1080 g/mol. The van der Waals surface area contributed by atoms with Gasteiger partial charge in [0.1, 0.15) is 110 Å². The fourth-order valence-corrected chi connectivity index (χ4v) is 9.25. The predicted molar refractivity (Wildman–Crippen MR) is 257 cm³/mol. The maximum Gasteiger partial charge on any atom is 0.188 e. The molecule has 0 aliphatic carbocycles. The van der Waals surface area contributed by atoms with Crippen LogP contribution in [-0.4, -0.2) is 262 Å². The zero-order valence-electron chi connectivity index (χ0n) is 43.3. The van der Waals surface area contributed by atoms with Crippen LogP contribution in [0.15, 0.2) is 47.6 Å². The number of allylic oxidation sites excluding steroid dienone is 5. The molecule has 26 unspecified atom stereocenters. The lowest BCUT2D eigenvalue weighted by Gasteiger charge is -2.47.